The minimum atomic E-state index is -2.08. The molecule has 0 spiro atoms. The minimum absolute atomic E-state index is 0.322. The Balaban J connectivity index is 3.93. The molecule has 0 saturated carbocycles. The molecule has 7 heteroatoms. The van der Waals surface area contributed by atoms with Crippen LogP contribution < -0.4 is 0 Å². The Kier molecular flexibility index (Phi) is 6.37. The second kappa shape index (κ2) is 6.16. The number of rotatable bonds is 7. The Labute approximate surface area is 91.3 Å². The summed E-state index contributed by atoms with van der Waals surface area (Å²) >= 11 is 0. The van der Waals surface area contributed by atoms with Gasteiger partial charge in [-0.3, -0.25) is 0 Å². The highest BCUT2D eigenvalue weighted by atomic mass is 28.5. The predicted octanol–water partition coefficient (Wildman–Crippen LogP) is 1.71. The zero-order valence-corrected chi connectivity index (χ0v) is 12.8. The molecule has 0 saturated heterocycles. The maximum atomic E-state index is 5.88. The molecule has 0 aromatic heterocycles. The van der Waals surface area contributed by atoms with E-state index >= 15 is 0 Å². The van der Waals surface area contributed by atoms with Crippen molar-refractivity contribution in [3.8, 4) is 0 Å². The fraction of sp³-hybridized carbons (Fsp3) is 1.00. The second-order valence-electron chi connectivity index (χ2n) is 3.72. The third-order valence-electron chi connectivity index (χ3n) is 1.59. The van der Waals surface area contributed by atoms with Crippen LogP contribution in [0.1, 0.15) is 0 Å². The quantitative estimate of drug-likeness (QED) is 0.393. The monoisotopic (exact) mass is 252 g/mol. The molecule has 4 nitrogen and oxygen atoms in total. The Morgan fingerprint density at radius 2 is 1.64 bits per heavy atom. The molecule has 0 bridgehead atoms. The van der Waals surface area contributed by atoms with Gasteiger partial charge in [-0.15, -0.1) is 0 Å². The Hall–Kier alpha value is 0.491. The van der Waals surface area contributed by atoms with Gasteiger partial charge in [0.05, 0.1) is 0 Å². The van der Waals surface area contributed by atoms with Crippen molar-refractivity contribution in [3.63, 3.8) is 0 Å². The first-order valence-electron chi connectivity index (χ1n) is 4.51. The zero-order valence-electron chi connectivity index (χ0n) is 9.84. The SMILES string of the molecule is CO[Si](C)(C)O[Si](C)(C)OCO[Si]C. The first-order valence-corrected chi connectivity index (χ1v) is 11.5. The van der Waals surface area contributed by atoms with Crippen LogP contribution in [0.15, 0.2) is 0 Å². The van der Waals surface area contributed by atoms with Crippen molar-refractivity contribution >= 4 is 26.9 Å². The van der Waals surface area contributed by atoms with Gasteiger partial charge in [-0.05, 0) is 32.7 Å². The van der Waals surface area contributed by atoms with Gasteiger partial charge in [0.1, 0.15) is 6.79 Å². The molecule has 2 radical (unpaired) electrons. The lowest BCUT2D eigenvalue weighted by Crippen LogP contribution is -2.48. The van der Waals surface area contributed by atoms with E-state index in [4.69, 9.17) is 17.4 Å². The summed E-state index contributed by atoms with van der Waals surface area (Å²) in [5.74, 6) is 0. The first kappa shape index (κ1) is 14.5. The second-order valence-corrected chi connectivity index (χ2v) is 11.5. The van der Waals surface area contributed by atoms with Gasteiger partial charge in [0, 0.05) is 7.11 Å². The summed E-state index contributed by atoms with van der Waals surface area (Å²) in [4.78, 5) is 0. The maximum Gasteiger partial charge on any atom is 0.324 e. The highest BCUT2D eigenvalue weighted by molar-refractivity contribution is 6.78. The lowest BCUT2D eigenvalue weighted by Gasteiger charge is -2.31. The van der Waals surface area contributed by atoms with E-state index in [-0.39, 0.29) is 0 Å². The lowest BCUT2D eigenvalue weighted by molar-refractivity contribution is 0.0920. The molecule has 0 aromatic carbocycles. The van der Waals surface area contributed by atoms with Gasteiger partial charge in [0.15, 0.2) is 0 Å². The molecule has 0 fully saturated rings. The summed E-state index contributed by atoms with van der Waals surface area (Å²) < 4.78 is 21.9. The van der Waals surface area contributed by atoms with Gasteiger partial charge in [-0.25, -0.2) is 0 Å². The van der Waals surface area contributed by atoms with Crippen molar-refractivity contribution in [2.75, 3.05) is 13.9 Å². The lowest BCUT2D eigenvalue weighted by atomic mass is 11.6. The van der Waals surface area contributed by atoms with Crippen LogP contribution in [0.3, 0.4) is 0 Å². The third kappa shape index (κ3) is 6.87. The largest absolute Gasteiger partial charge is 0.415 e. The molecule has 0 aromatic rings. The van der Waals surface area contributed by atoms with E-state index in [1.165, 1.54) is 0 Å². The third-order valence-corrected chi connectivity index (χ3v) is 7.73. The summed E-state index contributed by atoms with van der Waals surface area (Å²) in [5, 5.41) is 0. The predicted molar refractivity (Wildman–Crippen MR) is 61.7 cm³/mol. The number of hydrogen-bond donors (Lipinski definition) is 0. The summed E-state index contributed by atoms with van der Waals surface area (Å²) in [6, 6.07) is 0. The van der Waals surface area contributed by atoms with Crippen LogP contribution in [0, 0.1) is 0 Å². The van der Waals surface area contributed by atoms with Gasteiger partial charge in [0.2, 0.25) is 9.76 Å². The van der Waals surface area contributed by atoms with Crippen molar-refractivity contribution in [1.29, 1.82) is 0 Å². The minimum Gasteiger partial charge on any atom is -0.415 e. The van der Waals surface area contributed by atoms with Crippen molar-refractivity contribution in [3.05, 3.63) is 0 Å². The first-order chi connectivity index (χ1) is 6.33. The van der Waals surface area contributed by atoms with Gasteiger partial charge in [-0.2, -0.15) is 0 Å². The van der Waals surface area contributed by atoms with Crippen LogP contribution in [-0.2, 0) is 17.4 Å². The summed E-state index contributed by atoms with van der Waals surface area (Å²) in [6.45, 7) is 10.3. The van der Waals surface area contributed by atoms with E-state index in [2.05, 4.69) is 0 Å². The summed E-state index contributed by atoms with van der Waals surface area (Å²) in [7, 11) is -1.94. The number of hydrogen-bond acceptors (Lipinski definition) is 4. The van der Waals surface area contributed by atoms with Crippen molar-refractivity contribution < 1.29 is 17.4 Å². The van der Waals surface area contributed by atoms with Gasteiger partial charge in [-0.1, -0.05) is 0 Å². The molecule has 0 heterocycles. The standard InChI is InChI=1S/C7H20O4Si3/c1-8-13(3,4)11-14(5,6)10-7-9-12-2/h7H2,1-6H3. The summed E-state index contributed by atoms with van der Waals surface area (Å²) in [6.07, 6.45) is 0. The molecular weight excluding hydrogens is 232 g/mol. The molecule has 0 atom stereocenters. The smallest absolute Gasteiger partial charge is 0.324 e. The van der Waals surface area contributed by atoms with Crippen LogP contribution >= 0.6 is 0 Å². The van der Waals surface area contributed by atoms with Crippen LogP contribution in [0.5, 0.6) is 0 Å². The average molecular weight is 252 g/mol. The van der Waals surface area contributed by atoms with E-state index < -0.39 is 17.1 Å². The Morgan fingerprint density at radius 1 is 1.07 bits per heavy atom. The zero-order chi connectivity index (χ0) is 11.2. The molecular formula is C7H20O4Si3. The fourth-order valence-electron chi connectivity index (χ4n) is 0.893. The maximum absolute atomic E-state index is 5.88. The van der Waals surface area contributed by atoms with Crippen LogP contribution in [-0.4, -0.2) is 40.8 Å². The van der Waals surface area contributed by atoms with Gasteiger partial charge in [0.25, 0.3) is 0 Å². The van der Waals surface area contributed by atoms with Crippen LogP contribution in [0.25, 0.3) is 0 Å². The molecule has 0 amide bonds. The van der Waals surface area contributed by atoms with E-state index in [1.807, 2.05) is 32.7 Å². The average Bonchev–Trinajstić information content (AvgIpc) is 2.03. The van der Waals surface area contributed by atoms with Gasteiger partial charge >= 0.3 is 17.1 Å². The molecule has 84 valence electrons. The van der Waals surface area contributed by atoms with Crippen LogP contribution in [0.4, 0.5) is 0 Å². The molecule has 0 aliphatic heterocycles. The van der Waals surface area contributed by atoms with E-state index in [0.29, 0.717) is 16.6 Å². The fourth-order valence-corrected chi connectivity index (χ4v) is 6.84. The summed E-state index contributed by atoms with van der Waals surface area (Å²) in [5.41, 5.74) is 0. The van der Waals surface area contributed by atoms with E-state index in [9.17, 15) is 0 Å². The molecule has 0 unspecified atom stereocenters. The molecule has 0 N–H and O–H groups in total. The van der Waals surface area contributed by atoms with E-state index in [0.717, 1.165) is 0 Å². The van der Waals surface area contributed by atoms with Crippen molar-refractivity contribution in [2.24, 2.45) is 0 Å². The molecule has 14 heavy (non-hydrogen) atoms. The van der Waals surface area contributed by atoms with Gasteiger partial charge < -0.3 is 17.4 Å². The Morgan fingerprint density at radius 3 is 2.07 bits per heavy atom. The van der Waals surface area contributed by atoms with E-state index in [1.54, 1.807) is 7.11 Å². The van der Waals surface area contributed by atoms with Crippen molar-refractivity contribution in [2.45, 2.75) is 32.7 Å². The molecule has 0 aliphatic rings. The Bertz CT molecular complexity index is 163. The van der Waals surface area contributed by atoms with Crippen molar-refractivity contribution in [1.82, 2.24) is 0 Å². The molecule has 0 rings (SSSR count). The molecule has 0 aliphatic carbocycles. The highest BCUT2D eigenvalue weighted by Crippen LogP contribution is 2.15. The topological polar surface area (TPSA) is 36.9 Å². The van der Waals surface area contributed by atoms with Crippen LogP contribution in [0.2, 0.25) is 32.7 Å². The highest BCUT2D eigenvalue weighted by Gasteiger charge is 2.35. The normalized spacial score (nSPS) is 13.3.